The number of carbonyl (C=O) groups is 1. The third kappa shape index (κ3) is 4.92. The molecule has 1 fully saturated rings. The zero-order valence-corrected chi connectivity index (χ0v) is 13.6. The fourth-order valence-corrected chi connectivity index (χ4v) is 3.09. The Morgan fingerprint density at radius 2 is 2.00 bits per heavy atom. The largest absolute Gasteiger partial charge is 0.411 e. The summed E-state index contributed by atoms with van der Waals surface area (Å²) in [5, 5.41) is 3.81. The Hall–Kier alpha value is -2.15. The normalized spacial score (nSPS) is 21.2. The number of benzene rings is 1. The lowest BCUT2D eigenvalue weighted by atomic mass is 9.92. The van der Waals surface area contributed by atoms with Gasteiger partial charge in [0.05, 0.1) is 11.6 Å². The summed E-state index contributed by atoms with van der Waals surface area (Å²) in [6, 6.07) is 10.8. The predicted octanol–water partition coefficient (Wildman–Crippen LogP) is 3.85. The van der Waals surface area contributed by atoms with Crippen molar-refractivity contribution in [2.75, 3.05) is 6.61 Å². The Bertz CT molecular complexity index is 748. The molecule has 3 rings (SSSR count). The molecule has 2 atom stereocenters. The second-order valence-electron chi connectivity index (χ2n) is 6.27. The molecule has 0 unspecified atom stereocenters. The van der Waals surface area contributed by atoms with Gasteiger partial charge in [0.2, 0.25) is 0 Å². The molecule has 0 saturated heterocycles. The minimum Gasteiger partial charge on any atom is -0.369 e. The number of hydrogen-bond donors (Lipinski definition) is 1. The first-order valence-corrected chi connectivity index (χ1v) is 8.26. The van der Waals surface area contributed by atoms with E-state index < -0.39 is 18.9 Å². The van der Waals surface area contributed by atoms with Crippen molar-refractivity contribution in [3.63, 3.8) is 0 Å². The maximum absolute atomic E-state index is 12.4. The van der Waals surface area contributed by atoms with Crippen LogP contribution in [-0.2, 0) is 4.74 Å². The minimum atomic E-state index is -4.33. The highest BCUT2D eigenvalue weighted by atomic mass is 19.4. The Balaban J connectivity index is 1.59. The van der Waals surface area contributed by atoms with Crippen LogP contribution in [0.2, 0.25) is 0 Å². The van der Waals surface area contributed by atoms with Gasteiger partial charge in [-0.3, -0.25) is 4.79 Å². The summed E-state index contributed by atoms with van der Waals surface area (Å²) in [6.45, 7) is -1.25. The minimum absolute atomic E-state index is 0.201. The van der Waals surface area contributed by atoms with Crippen molar-refractivity contribution in [1.82, 2.24) is 10.3 Å². The lowest BCUT2D eigenvalue weighted by molar-refractivity contribution is -0.188. The highest BCUT2D eigenvalue weighted by Gasteiger charge is 2.31. The van der Waals surface area contributed by atoms with E-state index in [1.165, 1.54) is 0 Å². The molecule has 1 N–H and O–H groups in total. The number of pyridine rings is 1. The first kappa shape index (κ1) is 17.7. The number of para-hydroxylation sites is 1. The number of carbonyl (C=O) groups excluding carboxylic acids is 1. The molecule has 1 heterocycles. The molecule has 0 bridgehead atoms. The van der Waals surface area contributed by atoms with Gasteiger partial charge in [0.1, 0.15) is 12.3 Å². The van der Waals surface area contributed by atoms with E-state index >= 15 is 0 Å². The molecular formula is C18H19F3N2O2. The van der Waals surface area contributed by atoms with Gasteiger partial charge in [-0.15, -0.1) is 0 Å². The van der Waals surface area contributed by atoms with Gasteiger partial charge in [0.15, 0.2) is 0 Å². The fraction of sp³-hybridized carbons (Fsp3) is 0.444. The van der Waals surface area contributed by atoms with Gasteiger partial charge in [-0.2, -0.15) is 13.2 Å². The molecule has 1 aromatic carbocycles. The molecule has 1 saturated carbocycles. The summed E-state index contributed by atoms with van der Waals surface area (Å²) in [5.74, 6) is -0.313. The molecule has 4 nitrogen and oxygen atoms in total. The number of amides is 1. The third-order valence-corrected chi connectivity index (χ3v) is 4.28. The van der Waals surface area contributed by atoms with E-state index in [1.807, 2.05) is 30.3 Å². The van der Waals surface area contributed by atoms with Gasteiger partial charge in [-0.1, -0.05) is 24.3 Å². The Kier molecular flexibility index (Phi) is 5.22. The Morgan fingerprint density at radius 3 is 2.80 bits per heavy atom. The first-order chi connectivity index (χ1) is 11.9. The van der Waals surface area contributed by atoms with Crippen molar-refractivity contribution in [2.45, 2.75) is 44.0 Å². The van der Waals surface area contributed by atoms with E-state index in [1.54, 1.807) is 6.07 Å². The second-order valence-corrected chi connectivity index (χ2v) is 6.27. The number of aromatic nitrogens is 1. The standard InChI is InChI=1S/C18H19F3N2O2/c19-18(20,21)11-25-14-6-3-5-13(10-14)22-17(24)16-9-8-12-4-1-2-7-15(12)23-16/h1-2,4,7-9,13-14H,3,5-6,10-11H2,(H,22,24)/t13-,14+/m0/s1. The summed E-state index contributed by atoms with van der Waals surface area (Å²) < 4.78 is 41.7. The number of nitrogens with one attached hydrogen (secondary N) is 1. The number of halogens is 3. The maximum atomic E-state index is 12.4. The van der Waals surface area contributed by atoms with Crippen LogP contribution in [0.1, 0.15) is 36.2 Å². The monoisotopic (exact) mass is 352 g/mol. The van der Waals surface area contributed by atoms with Crippen molar-refractivity contribution in [3.8, 4) is 0 Å². The van der Waals surface area contributed by atoms with Crippen LogP contribution in [0.15, 0.2) is 36.4 Å². The molecule has 0 aliphatic heterocycles. The van der Waals surface area contributed by atoms with E-state index in [0.717, 1.165) is 23.7 Å². The Labute approximate surface area is 143 Å². The smallest absolute Gasteiger partial charge is 0.369 e. The number of fused-ring (bicyclic) bond motifs is 1. The lowest BCUT2D eigenvalue weighted by Gasteiger charge is -2.30. The van der Waals surface area contributed by atoms with E-state index in [0.29, 0.717) is 18.5 Å². The topological polar surface area (TPSA) is 51.2 Å². The summed E-state index contributed by atoms with van der Waals surface area (Å²) in [4.78, 5) is 16.7. The average Bonchev–Trinajstić information content (AvgIpc) is 2.59. The summed E-state index contributed by atoms with van der Waals surface area (Å²) in [6.07, 6.45) is -2.40. The van der Waals surface area contributed by atoms with E-state index in [2.05, 4.69) is 10.3 Å². The molecule has 134 valence electrons. The molecule has 1 aliphatic carbocycles. The summed E-state index contributed by atoms with van der Waals surface area (Å²) >= 11 is 0. The van der Waals surface area contributed by atoms with Crippen LogP contribution < -0.4 is 5.32 Å². The van der Waals surface area contributed by atoms with Crippen molar-refractivity contribution in [1.29, 1.82) is 0 Å². The summed E-state index contributed by atoms with van der Waals surface area (Å²) in [7, 11) is 0. The number of hydrogen-bond acceptors (Lipinski definition) is 3. The molecule has 1 aliphatic rings. The molecule has 25 heavy (non-hydrogen) atoms. The SMILES string of the molecule is O=C(N[C@H]1CCC[C@@H](OCC(F)(F)F)C1)c1ccc2ccccc2n1. The van der Waals surface area contributed by atoms with Crippen LogP contribution in [0.25, 0.3) is 10.9 Å². The zero-order valence-electron chi connectivity index (χ0n) is 13.6. The zero-order chi connectivity index (χ0) is 17.9. The van der Waals surface area contributed by atoms with E-state index in [9.17, 15) is 18.0 Å². The van der Waals surface area contributed by atoms with Crippen LogP contribution in [0.4, 0.5) is 13.2 Å². The highest BCUT2D eigenvalue weighted by Crippen LogP contribution is 2.24. The van der Waals surface area contributed by atoms with Crippen LogP contribution in [-0.4, -0.2) is 35.8 Å². The van der Waals surface area contributed by atoms with Crippen molar-refractivity contribution < 1.29 is 22.7 Å². The van der Waals surface area contributed by atoms with Gasteiger partial charge >= 0.3 is 6.18 Å². The maximum Gasteiger partial charge on any atom is 0.411 e. The molecular weight excluding hydrogens is 333 g/mol. The lowest BCUT2D eigenvalue weighted by Crippen LogP contribution is -2.41. The van der Waals surface area contributed by atoms with Gasteiger partial charge in [-0.05, 0) is 37.8 Å². The van der Waals surface area contributed by atoms with Crippen LogP contribution in [0.5, 0.6) is 0 Å². The number of ether oxygens (including phenoxy) is 1. The van der Waals surface area contributed by atoms with Crippen molar-refractivity contribution in [2.24, 2.45) is 0 Å². The molecule has 7 heteroatoms. The number of alkyl halides is 3. The summed E-state index contributed by atoms with van der Waals surface area (Å²) in [5.41, 5.74) is 1.03. The quantitative estimate of drug-likeness (QED) is 0.909. The first-order valence-electron chi connectivity index (χ1n) is 8.26. The molecule has 1 aromatic heterocycles. The average molecular weight is 352 g/mol. The van der Waals surface area contributed by atoms with Gasteiger partial charge in [-0.25, -0.2) is 4.98 Å². The van der Waals surface area contributed by atoms with Crippen molar-refractivity contribution >= 4 is 16.8 Å². The molecule has 0 radical (unpaired) electrons. The van der Waals surface area contributed by atoms with Gasteiger partial charge < -0.3 is 10.1 Å². The van der Waals surface area contributed by atoms with E-state index in [4.69, 9.17) is 4.74 Å². The number of rotatable bonds is 4. The third-order valence-electron chi connectivity index (χ3n) is 4.28. The fourth-order valence-electron chi connectivity index (χ4n) is 3.09. The van der Waals surface area contributed by atoms with Crippen LogP contribution in [0.3, 0.4) is 0 Å². The predicted molar refractivity (Wildman–Crippen MR) is 87.3 cm³/mol. The Morgan fingerprint density at radius 1 is 1.20 bits per heavy atom. The second kappa shape index (κ2) is 7.39. The molecule has 1 amide bonds. The number of nitrogens with zero attached hydrogens (tertiary/aromatic N) is 1. The van der Waals surface area contributed by atoms with Crippen LogP contribution in [0, 0.1) is 0 Å². The van der Waals surface area contributed by atoms with Gasteiger partial charge in [0.25, 0.3) is 5.91 Å². The van der Waals surface area contributed by atoms with Crippen molar-refractivity contribution in [3.05, 3.63) is 42.1 Å². The highest BCUT2D eigenvalue weighted by molar-refractivity contribution is 5.95. The van der Waals surface area contributed by atoms with Gasteiger partial charge in [0, 0.05) is 11.4 Å². The molecule has 2 aromatic rings. The molecule has 0 spiro atoms. The van der Waals surface area contributed by atoms with Crippen LogP contribution >= 0.6 is 0 Å². The van der Waals surface area contributed by atoms with E-state index in [-0.39, 0.29) is 11.9 Å².